The Kier molecular flexibility index (Phi) is 2.54. The van der Waals surface area contributed by atoms with E-state index < -0.39 is 11.9 Å². The Balaban J connectivity index is 1.87. The molecular weight excluding hydrogens is 232 g/mol. The molecule has 0 aromatic rings. The fourth-order valence-corrected chi connectivity index (χ4v) is 4.38. The number of hydrogen-bond donors (Lipinski definition) is 2. The molecule has 0 aliphatic heterocycles. The second kappa shape index (κ2) is 3.97. The molecule has 3 aliphatic rings. The number of aliphatic carboxylic acids is 2. The van der Waals surface area contributed by atoms with Crippen LogP contribution < -0.4 is 0 Å². The van der Waals surface area contributed by atoms with Gasteiger partial charge in [0.25, 0.3) is 0 Å². The first kappa shape index (κ1) is 11.5. The molecule has 3 rings (SSSR count). The maximum atomic E-state index is 11.2. The molecule has 2 fully saturated rings. The van der Waals surface area contributed by atoms with E-state index in [-0.39, 0.29) is 11.5 Å². The maximum absolute atomic E-state index is 11.2. The van der Waals surface area contributed by atoms with Crippen molar-refractivity contribution in [2.45, 2.75) is 19.3 Å². The van der Waals surface area contributed by atoms with Crippen molar-refractivity contribution in [2.24, 2.45) is 29.6 Å². The molecule has 5 atom stereocenters. The van der Waals surface area contributed by atoms with Gasteiger partial charge in [0.1, 0.15) is 0 Å². The first-order chi connectivity index (χ1) is 8.58. The molecule has 4 nitrogen and oxygen atoms in total. The first-order valence-corrected chi connectivity index (χ1v) is 6.42. The monoisotopic (exact) mass is 248 g/mol. The molecule has 4 heteroatoms. The van der Waals surface area contributed by atoms with Crippen LogP contribution in [0.1, 0.15) is 19.3 Å². The third-order valence-corrected chi connectivity index (χ3v) is 4.93. The molecule has 96 valence electrons. The minimum atomic E-state index is -1.16. The first-order valence-electron chi connectivity index (χ1n) is 6.42. The van der Waals surface area contributed by atoms with Crippen molar-refractivity contribution in [3.63, 3.8) is 0 Å². The smallest absolute Gasteiger partial charge is 0.332 e. The van der Waals surface area contributed by atoms with Crippen molar-refractivity contribution in [3.05, 3.63) is 23.8 Å². The average Bonchev–Trinajstić information content (AvgIpc) is 2.96. The van der Waals surface area contributed by atoms with Gasteiger partial charge in [-0.2, -0.15) is 0 Å². The Hall–Kier alpha value is -1.58. The zero-order valence-corrected chi connectivity index (χ0v) is 9.95. The summed E-state index contributed by atoms with van der Waals surface area (Å²) in [5, 5.41) is 18.0. The van der Waals surface area contributed by atoms with Crippen LogP contribution in [0, 0.1) is 29.6 Å². The summed E-state index contributed by atoms with van der Waals surface area (Å²) in [6, 6.07) is 0. The molecule has 0 spiro atoms. The van der Waals surface area contributed by atoms with Gasteiger partial charge in [-0.15, -0.1) is 0 Å². The van der Waals surface area contributed by atoms with Gasteiger partial charge in [0.15, 0.2) is 0 Å². The lowest BCUT2D eigenvalue weighted by molar-refractivity contribution is -0.135. The van der Waals surface area contributed by atoms with Crippen molar-refractivity contribution >= 4 is 11.9 Å². The van der Waals surface area contributed by atoms with E-state index in [4.69, 9.17) is 5.11 Å². The third-order valence-electron chi connectivity index (χ3n) is 4.93. The normalized spacial score (nSPS) is 41.1. The van der Waals surface area contributed by atoms with E-state index >= 15 is 0 Å². The van der Waals surface area contributed by atoms with Crippen molar-refractivity contribution < 1.29 is 19.8 Å². The van der Waals surface area contributed by atoms with Crippen LogP contribution in [-0.2, 0) is 9.59 Å². The lowest BCUT2D eigenvalue weighted by Crippen LogP contribution is -2.28. The highest BCUT2D eigenvalue weighted by Gasteiger charge is 2.53. The number of fused-ring (bicyclic) bond motifs is 5. The third kappa shape index (κ3) is 1.59. The van der Waals surface area contributed by atoms with E-state index in [0.717, 1.165) is 25.3 Å². The van der Waals surface area contributed by atoms with Crippen LogP contribution >= 0.6 is 0 Å². The number of rotatable bonds is 3. The Morgan fingerprint density at radius 3 is 2.61 bits per heavy atom. The van der Waals surface area contributed by atoms with Crippen molar-refractivity contribution in [3.8, 4) is 0 Å². The Bertz CT molecular complexity index is 462. The van der Waals surface area contributed by atoms with Crippen molar-refractivity contribution in [1.29, 1.82) is 0 Å². The van der Waals surface area contributed by atoms with E-state index in [1.807, 2.05) is 0 Å². The summed E-state index contributed by atoms with van der Waals surface area (Å²) in [7, 11) is 0. The molecule has 5 unspecified atom stereocenters. The number of carboxylic acids is 2. The molecule has 0 saturated heterocycles. The SMILES string of the molecule is O=C(O)/C=C(\C(=O)O)C1CC2CC1C1CC=CC21. The summed E-state index contributed by atoms with van der Waals surface area (Å²) < 4.78 is 0. The lowest BCUT2D eigenvalue weighted by atomic mass is 9.72. The second-order valence-corrected chi connectivity index (χ2v) is 5.65. The van der Waals surface area contributed by atoms with Crippen LogP contribution in [0.2, 0.25) is 0 Å². The predicted molar refractivity (Wildman–Crippen MR) is 63.8 cm³/mol. The largest absolute Gasteiger partial charge is 0.478 e. The van der Waals surface area contributed by atoms with Gasteiger partial charge >= 0.3 is 11.9 Å². The van der Waals surface area contributed by atoms with E-state index in [2.05, 4.69) is 12.2 Å². The van der Waals surface area contributed by atoms with Crippen LogP contribution in [0.5, 0.6) is 0 Å². The zero-order chi connectivity index (χ0) is 12.9. The second-order valence-electron chi connectivity index (χ2n) is 5.65. The Morgan fingerprint density at radius 1 is 1.17 bits per heavy atom. The topological polar surface area (TPSA) is 74.6 Å². The van der Waals surface area contributed by atoms with Gasteiger partial charge in [-0.3, -0.25) is 0 Å². The van der Waals surface area contributed by atoms with Crippen LogP contribution in [0.25, 0.3) is 0 Å². The average molecular weight is 248 g/mol. The highest BCUT2D eigenvalue weighted by atomic mass is 16.4. The molecule has 0 amide bonds. The fourth-order valence-electron chi connectivity index (χ4n) is 4.38. The number of allylic oxidation sites excluding steroid dienone is 2. The van der Waals surface area contributed by atoms with Crippen molar-refractivity contribution in [2.75, 3.05) is 0 Å². The number of carbonyl (C=O) groups is 2. The Labute approximate surface area is 105 Å². The summed E-state index contributed by atoms with van der Waals surface area (Å²) in [6.45, 7) is 0. The van der Waals surface area contributed by atoms with Gasteiger partial charge in [0.05, 0.1) is 0 Å². The minimum Gasteiger partial charge on any atom is -0.478 e. The van der Waals surface area contributed by atoms with Crippen LogP contribution in [0.3, 0.4) is 0 Å². The summed E-state index contributed by atoms with van der Waals surface area (Å²) >= 11 is 0. The molecule has 2 N–H and O–H groups in total. The molecule has 0 aromatic heterocycles. The number of carboxylic acid groups (broad SMARTS) is 2. The number of hydrogen-bond acceptors (Lipinski definition) is 2. The molecular formula is C14H16O4. The van der Waals surface area contributed by atoms with E-state index in [1.165, 1.54) is 0 Å². The zero-order valence-electron chi connectivity index (χ0n) is 9.95. The molecule has 2 saturated carbocycles. The minimum absolute atomic E-state index is 0.0650. The Morgan fingerprint density at radius 2 is 1.94 bits per heavy atom. The van der Waals surface area contributed by atoms with E-state index in [1.54, 1.807) is 0 Å². The quantitative estimate of drug-likeness (QED) is 0.591. The van der Waals surface area contributed by atoms with Gasteiger partial charge in [-0.25, -0.2) is 9.59 Å². The van der Waals surface area contributed by atoms with Crippen LogP contribution in [0.4, 0.5) is 0 Å². The molecule has 0 aromatic carbocycles. The van der Waals surface area contributed by atoms with Gasteiger partial charge in [-0.1, -0.05) is 12.2 Å². The molecule has 0 radical (unpaired) electrons. The molecule has 3 aliphatic carbocycles. The van der Waals surface area contributed by atoms with Gasteiger partial charge in [0.2, 0.25) is 0 Å². The van der Waals surface area contributed by atoms with E-state index in [9.17, 15) is 14.7 Å². The maximum Gasteiger partial charge on any atom is 0.332 e. The fraction of sp³-hybridized carbons (Fsp3) is 0.571. The summed E-state index contributed by atoms with van der Waals surface area (Å²) in [6.07, 6.45) is 8.29. The van der Waals surface area contributed by atoms with Crippen molar-refractivity contribution in [1.82, 2.24) is 0 Å². The van der Waals surface area contributed by atoms with E-state index in [0.29, 0.717) is 23.7 Å². The predicted octanol–water partition coefficient (Wildman–Crippen LogP) is 1.93. The van der Waals surface area contributed by atoms with Gasteiger partial charge < -0.3 is 10.2 Å². The molecule has 2 bridgehead atoms. The molecule has 18 heavy (non-hydrogen) atoms. The van der Waals surface area contributed by atoms with Gasteiger partial charge in [0, 0.05) is 11.6 Å². The molecule has 0 heterocycles. The summed E-state index contributed by atoms with van der Waals surface area (Å²) in [4.78, 5) is 22.0. The standard InChI is InChI=1S/C14H16O4/c15-13(16)6-12(14(17)18)11-5-7-4-10(11)9-3-1-2-8(7)9/h1-2,6-11H,3-5H2,(H,15,16)(H,17,18)/b12-6-. The van der Waals surface area contributed by atoms with Gasteiger partial charge in [-0.05, 0) is 48.9 Å². The summed E-state index contributed by atoms with van der Waals surface area (Å²) in [5.74, 6) is -0.216. The highest BCUT2D eigenvalue weighted by molar-refractivity contribution is 5.95. The van der Waals surface area contributed by atoms with Crippen LogP contribution in [-0.4, -0.2) is 22.2 Å². The highest BCUT2D eigenvalue weighted by Crippen LogP contribution is 2.60. The van der Waals surface area contributed by atoms with Crippen LogP contribution in [0.15, 0.2) is 23.8 Å². The lowest BCUT2D eigenvalue weighted by Gasteiger charge is -2.31. The summed E-state index contributed by atoms with van der Waals surface area (Å²) in [5.41, 5.74) is 0.0975.